The van der Waals surface area contributed by atoms with Crippen molar-refractivity contribution >= 4 is 23.2 Å². The summed E-state index contributed by atoms with van der Waals surface area (Å²) in [6.07, 6.45) is 0. The summed E-state index contributed by atoms with van der Waals surface area (Å²) in [5.41, 5.74) is 3.28. The van der Waals surface area contributed by atoms with Crippen LogP contribution in [0.15, 0.2) is 47.0 Å². The average molecular weight is 350 g/mol. The van der Waals surface area contributed by atoms with Crippen molar-refractivity contribution < 1.29 is 14.1 Å². The Bertz CT molecular complexity index is 978. The highest BCUT2D eigenvalue weighted by atomic mass is 16.5. The SMILES string of the molecule is CC(=O)Nc1cc(C(=O)Nc2cccc(-c3noc(C)n3)c2)ccc1C. The second-order valence-corrected chi connectivity index (χ2v) is 5.88. The third-order valence-electron chi connectivity index (χ3n) is 3.72. The molecule has 0 aliphatic carbocycles. The molecule has 0 unspecified atom stereocenters. The van der Waals surface area contributed by atoms with Crippen LogP contribution in [0.2, 0.25) is 0 Å². The van der Waals surface area contributed by atoms with Crippen molar-refractivity contribution in [1.29, 1.82) is 0 Å². The minimum atomic E-state index is -0.280. The van der Waals surface area contributed by atoms with Gasteiger partial charge in [-0.1, -0.05) is 23.4 Å². The van der Waals surface area contributed by atoms with Crippen molar-refractivity contribution in [2.75, 3.05) is 10.6 Å². The fraction of sp³-hybridized carbons (Fsp3) is 0.158. The van der Waals surface area contributed by atoms with Gasteiger partial charge in [0.05, 0.1) is 0 Å². The minimum absolute atomic E-state index is 0.186. The highest BCUT2D eigenvalue weighted by molar-refractivity contribution is 6.05. The summed E-state index contributed by atoms with van der Waals surface area (Å²) < 4.78 is 4.98. The number of anilines is 2. The van der Waals surface area contributed by atoms with Crippen molar-refractivity contribution in [3.63, 3.8) is 0 Å². The molecule has 7 nitrogen and oxygen atoms in total. The van der Waals surface area contributed by atoms with Crippen LogP contribution in [-0.4, -0.2) is 22.0 Å². The molecule has 0 radical (unpaired) electrons. The van der Waals surface area contributed by atoms with Crippen LogP contribution in [-0.2, 0) is 4.79 Å². The van der Waals surface area contributed by atoms with Crippen molar-refractivity contribution in [3.05, 3.63) is 59.5 Å². The number of rotatable bonds is 4. The quantitative estimate of drug-likeness (QED) is 0.750. The van der Waals surface area contributed by atoms with Gasteiger partial charge in [0.2, 0.25) is 17.6 Å². The fourth-order valence-electron chi connectivity index (χ4n) is 2.44. The summed E-state index contributed by atoms with van der Waals surface area (Å²) in [6, 6.07) is 12.3. The topological polar surface area (TPSA) is 97.1 Å². The number of carbonyl (C=O) groups is 2. The highest BCUT2D eigenvalue weighted by Crippen LogP contribution is 2.22. The standard InChI is InChI=1S/C19H18N4O3/c1-11-7-8-15(10-17(11)20-12(2)24)19(25)22-16-6-4-5-14(9-16)18-21-13(3)26-23-18/h4-10H,1-3H3,(H,20,24)(H,22,25). The lowest BCUT2D eigenvalue weighted by Crippen LogP contribution is -2.13. The number of benzene rings is 2. The molecule has 0 atom stereocenters. The molecule has 0 fully saturated rings. The van der Waals surface area contributed by atoms with Gasteiger partial charge in [-0.2, -0.15) is 4.98 Å². The van der Waals surface area contributed by atoms with E-state index in [4.69, 9.17) is 4.52 Å². The Morgan fingerprint density at radius 1 is 1.04 bits per heavy atom. The molecular formula is C19H18N4O3. The zero-order valence-electron chi connectivity index (χ0n) is 14.7. The molecule has 0 aliphatic heterocycles. The maximum atomic E-state index is 12.5. The van der Waals surface area contributed by atoms with Crippen LogP contribution in [0.25, 0.3) is 11.4 Å². The van der Waals surface area contributed by atoms with Crippen molar-refractivity contribution in [2.45, 2.75) is 20.8 Å². The molecular weight excluding hydrogens is 332 g/mol. The Hall–Kier alpha value is -3.48. The molecule has 0 saturated heterocycles. The van der Waals surface area contributed by atoms with Crippen LogP contribution in [0.3, 0.4) is 0 Å². The molecule has 2 aromatic carbocycles. The fourth-order valence-corrected chi connectivity index (χ4v) is 2.44. The van der Waals surface area contributed by atoms with Crippen LogP contribution in [0.1, 0.15) is 28.7 Å². The molecule has 132 valence electrons. The summed E-state index contributed by atoms with van der Waals surface area (Å²) >= 11 is 0. The zero-order chi connectivity index (χ0) is 18.7. The van der Waals surface area contributed by atoms with Crippen molar-refractivity contribution in [2.24, 2.45) is 0 Å². The van der Waals surface area contributed by atoms with Crippen LogP contribution in [0, 0.1) is 13.8 Å². The summed E-state index contributed by atoms with van der Waals surface area (Å²) in [5.74, 6) is 0.466. The van der Waals surface area contributed by atoms with Crippen LogP contribution in [0.5, 0.6) is 0 Å². The molecule has 2 N–H and O–H groups in total. The van der Waals surface area contributed by atoms with Gasteiger partial charge in [0.1, 0.15) is 0 Å². The van der Waals surface area contributed by atoms with E-state index in [1.54, 1.807) is 43.3 Å². The number of amides is 2. The Balaban J connectivity index is 1.81. The third-order valence-corrected chi connectivity index (χ3v) is 3.72. The first-order valence-electron chi connectivity index (χ1n) is 8.03. The van der Waals surface area contributed by atoms with Gasteiger partial charge in [-0.15, -0.1) is 0 Å². The number of aryl methyl sites for hydroxylation is 2. The largest absolute Gasteiger partial charge is 0.339 e. The maximum Gasteiger partial charge on any atom is 0.255 e. The van der Waals surface area contributed by atoms with E-state index < -0.39 is 0 Å². The van der Waals surface area contributed by atoms with Gasteiger partial charge >= 0.3 is 0 Å². The molecule has 2 amide bonds. The first kappa shape index (κ1) is 17.3. The highest BCUT2D eigenvalue weighted by Gasteiger charge is 2.11. The predicted molar refractivity (Wildman–Crippen MR) is 97.9 cm³/mol. The van der Waals surface area contributed by atoms with E-state index in [-0.39, 0.29) is 11.8 Å². The molecule has 3 aromatic rings. The third kappa shape index (κ3) is 3.94. The molecule has 1 aromatic heterocycles. The monoisotopic (exact) mass is 350 g/mol. The Labute approximate surface area is 150 Å². The summed E-state index contributed by atoms with van der Waals surface area (Å²) in [5, 5.41) is 9.43. The lowest BCUT2D eigenvalue weighted by atomic mass is 10.1. The predicted octanol–water partition coefficient (Wildman–Crippen LogP) is 3.56. The van der Waals surface area contributed by atoms with Crippen LogP contribution >= 0.6 is 0 Å². The lowest BCUT2D eigenvalue weighted by Gasteiger charge is -2.10. The molecule has 3 rings (SSSR count). The second kappa shape index (κ2) is 7.18. The Morgan fingerprint density at radius 3 is 2.54 bits per heavy atom. The van der Waals surface area contributed by atoms with Crippen LogP contribution < -0.4 is 10.6 Å². The second-order valence-electron chi connectivity index (χ2n) is 5.88. The van der Waals surface area contributed by atoms with Gasteiger partial charge < -0.3 is 15.2 Å². The summed E-state index contributed by atoms with van der Waals surface area (Å²) in [4.78, 5) is 28.0. The summed E-state index contributed by atoms with van der Waals surface area (Å²) in [7, 11) is 0. The molecule has 7 heteroatoms. The average Bonchev–Trinajstić information content (AvgIpc) is 3.03. The van der Waals surface area contributed by atoms with E-state index in [2.05, 4.69) is 20.8 Å². The molecule has 1 heterocycles. The number of hydrogen-bond donors (Lipinski definition) is 2. The summed E-state index contributed by atoms with van der Waals surface area (Å²) in [6.45, 7) is 5.01. The zero-order valence-corrected chi connectivity index (χ0v) is 14.7. The van der Waals surface area contributed by atoms with Gasteiger partial charge in [-0.25, -0.2) is 0 Å². The Morgan fingerprint density at radius 2 is 1.85 bits per heavy atom. The molecule has 0 bridgehead atoms. The minimum Gasteiger partial charge on any atom is -0.339 e. The van der Waals surface area contributed by atoms with E-state index in [9.17, 15) is 9.59 Å². The van der Waals surface area contributed by atoms with E-state index in [1.807, 2.05) is 13.0 Å². The van der Waals surface area contributed by atoms with E-state index in [0.717, 1.165) is 11.1 Å². The van der Waals surface area contributed by atoms with Crippen molar-refractivity contribution in [3.8, 4) is 11.4 Å². The van der Waals surface area contributed by atoms with E-state index >= 15 is 0 Å². The number of nitrogens with zero attached hydrogens (tertiary/aromatic N) is 2. The first-order valence-corrected chi connectivity index (χ1v) is 8.03. The number of hydrogen-bond acceptors (Lipinski definition) is 5. The smallest absolute Gasteiger partial charge is 0.255 e. The van der Waals surface area contributed by atoms with Gasteiger partial charge in [0, 0.05) is 36.3 Å². The normalized spacial score (nSPS) is 10.4. The van der Waals surface area contributed by atoms with Gasteiger partial charge in [0.15, 0.2) is 0 Å². The lowest BCUT2D eigenvalue weighted by molar-refractivity contribution is -0.114. The van der Waals surface area contributed by atoms with Crippen molar-refractivity contribution in [1.82, 2.24) is 10.1 Å². The number of carbonyl (C=O) groups excluding carboxylic acids is 2. The first-order chi connectivity index (χ1) is 12.4. The van der Waals surface area contributed by atoms with E-state index in [1.165, 1.54) is 6.92 Å². The van der Waals surface area contributed by atoms with Gasteiger partial charge in [0.25, 0.3) is 5.91 Å². The molecule has 0 saturated carbocycles. The number of nitrogens with one attached hydrogen (secondary N) is 2. The molecule has 0 spiro atoms. The Kier molecular flexibility index (Phi) is 4.79. The van der Waals surface area contributed by atoms with E-state index in [0.29, 0.717) is 28.7 Å². The molecule has 26 heavy (non-hydrogen) atoms. The molecule has 0 aliphatic rings. The maximum absolute atomic E-state index is 12.5. The van der Waals surface area contributed by atoms with Crippen LogP contribution in [0.4, 0.5) is 11.4 Å². The van der Waals surface area contributed by atoms with Gasteiger partial charge in [-0.05, 0) is 36.8 Å². The van der Waals surface area contributed by atoms with Gasteiger partial charge in [-0.3, -0.25) is 9.59 Å². The number of aromatic nitrogens is 2.